The molecule has 156 valence electrons. The molecule has 3 rings (SSSR count). The van der Waals surface area contributed by atoms with Crippen LogP contribution in [0.3, 0.4) is 0 Å². The smallest absolute Gasteiger partial charge is 0.343 e. The predicted octanol–water partition coefficient (Wildman–Crippen LogP) is 3.40. The molecule has 1 aromatic rings. The van der Waals surface area contributed by atoms with Crippen molar-refractivity contribution in [3.63, 3.8) is 0 Å². The van der Waals surface area contributed by atoms with Gasteiger partial charge in [0.05, 0.1) is 13.2 Å². The zero-order valence-corrected chi connectivity index (χ0v) is 17.0. The standard InChI is InChI=1S/C22H26O7/c1-13-7-5-9-16(23)20-18(28-22(2,3)29-20)10-6-8-14-11-15(26-4)12-17(24)19(14)21(25)27-13/h5-8,11-13,18,20,24H,9-10H2,1-4H3/t13-,18-,20?/m0/s1. The number of aromatic hydroxyl groups is 1. The number of fused-ring (bicyclic) bond motifs is 2. The first-order valence-corrected chi connectivity index (χ1v) is 9.53. The van der Waals surface area contributed by atoms with Gasteiger partial charge in [0, 0.05) is 12.5 Å². The number of cyclic esters (lactones) is 1. The first kappa shape index (κ1) is 21.1. The van der Waals surface area contributed by atoms with E-state index in [9.17, 15) is 14.7 Å². The van der Waals surface area contributed by atoms with Gasteiger partial charge < -0.3 is 24.1 Å². The third-order valence-corrected chi connectivity index (χ3v) is 4.75. The molecule has 1 aromatic carbocycles. The van der Waals surface area contributed by atoms with E-state index in [0.717, 1.165) is 0 Å². The van der Waals surface area contributed by atoms with Crippen molar-refractivity contribution in [1.29, 1.82) is 0 Å². The zero-order chi connectivity index (χ0) is 21.2. The van der Waals surface area contributed by atoms with Gasteiger partial charge in [0.1, 0.15) is 29.3 Å². The molecule has 29 heavy (non-hydrogen) atoms. The topological polar surface area (TPSA) is 91.3 Å². The molecule has 0 radical (unpaired) electrons. The Morgan fingerprint density at radius 2 is 1.93 bits per heavy atom. The summed E-state index contributed by atoms with van der Waals surface area (Å²) in [5.74, 6) is -1.44. The number of allylic oxidation sites excluding steroid dienone is 1. The van der Waals surface area contributed by atoms with E-state index in [4.69, 9.17) is 18.9 Å². The molecular formula is C22H26O7. The predicted molar refractivity (Wildman–Crippen MR) is 106 cm³/mol. The van der Waals surface area contributed by atoms with Gasteiger partial charge in [-0.05, 0) is 44.9 Å². The zero-order valence-electron chi connectivity index (χ0n) is 17.0. The van der Waals surface area contributed by atoms with Crippen LogP contribution in [0.25, 0.3) is 6.08 Å². The Morgan fingerprint density at radius 1 is 1.17 bits per heavy atom. The molecule has 1 saturated heterocycles. The number of carbonyl (C=O) groups is 2. The molecule has 1 fully saturated rings. The van der Waals surface area contributed by atoms with Gasteiger partial charge >= 0.3 is 5.97 Å². The number of rotatable bonds is 1. The van der Waals surface area contributed by atoms with Gasteiger partial charge in [-0.15, -0.1) is 0 Å². The first-order valence-electron chi connectivity index (χ1n) is 9.53. The highest BCUT2D eigenvalue weighted by atomic mass is 16.8. The van der Waals surface area contributed by atoms with E-state index in [-0.39, 0.29) is 23.5 Å². The van der Waals surface area contributed by atoms with Crippen molar-refractivity contribution in [2.75, 3.05) is 7.11 Å². The fraction of sp³-hybridized carbons (Fsp3) is 0.455. The van der Waals surface area contributed by atoms with Gasteiger partial charge in [0.2, 0.25) is 0 Å². The van der Waals surface area contributed by atoms with E-state index in [0.29, 0.717) is 17.7 Å². The van der Waals surface area contributed by atoms with Gasteiger partial charge in [0.25, 0.3) is 0 Å². The number of phenolic OH excluding ortho intramolecular Hbond substituents is 1. The van der Waals surface area contributed by atoms with Crippen LogP contribution in [0.4, 0.5) is 0 Å². The Kier molecular flexibility index (Phi) is 6.10. The van der Waals surface area contributed by atoms with E-state index in [2.05, 4.69) is 0 Å². The summed E-state index contributed by atoms with van der Waals surface area (Å²) >= 11 is 0. The summed E-state index contributed by atoms with van der Waals surface area (Å²) in [4.78, 5) is 25.2. The molecule has 3 atom stereocenters. The quantitative estimate of drug-likeness (QED) is 0.569. The molecule has 0 spiro atoms. The summed E-state index contributed by atoms with van der Waals surface area (Å²) in [5, 5.41) is 10.4. The molecule has 0 saturated carbocycles. The van der Waals surface area contributed by atoms with Crippen molar-refractivity contribution in [2.24, 2.45) is 0 Å². The molecule has 2 aliphatic heterocycles. The lowest BCUT2D eigenvalue weighted by Gasteiger charge is -2.16. The van der Waals surface area contributed by atoms with Crippen LogP contribution in [0.2, 0.25) is 0 Å². The number of Topliss-reactive ketones (excluding diaryl/α,β-unsaturated/α-hetero) is 1. The van der Waals surface area contributed by atoms with Gasteiger partial charge in [-0.2, -0.15) is 0 Å². The van der Waals surface area contributed by atoms with E-state index in [1.165, 1.54) is 13.2 Å². The fourth-order valence-corrected chi connectivity index (χ4v) is 3.46. The van der Waals surface area contributed by atoms with Crippen LogP contribution >= 0.6 is 0 Å². The minimum Gasteiger partial charge on any atom is -0.507 e. The minimum absolute atomic E-state index is 0.0518. The van der Waals surface area contributed by atoms with Gasteiger partial charge in [-0.3, -0.25) is 4.79 Å². The molecule has 1 unspecified atom stereocenters. The first-order chi connectivity index (χ1) is 13.7. The van der Waals surface area contributed by atoms with Crippen molar-refractivity contribution in [3.8, 4) is 11.5 Å². The van der Waals surface area contributed by atoms with Crippen LogP contribution in [-0.2, 0) is 19.0 Å². The maximum absolute atomic E-state index is 12.6. The maximum Gasteiger partial charge on any atom is 0.343 e. The Balaban J connectivity index is 2.00. The second kappa shape index (κ2) is 8.39. The summed E-state index contributed by atoms with van der Waals surface area (Å²) in [6.45, 7) is 5.23. The summed E-state index contributed by atoms with van der Waals surface area (Å²) in [5.41, 5.74) is 0.497. The van der Waals surface area contributed by atoms with Crippen LogP contribution in [0.5, 0.6) is 11.5 Å². The summed E-state index contributed by atoms with van der Waals surface area (Å²) < 4.78 is 22.3. The van der Waals surface area contributed by atoms with Crippen LogP contribution < -0.4 is 4.74 Å². The van der Waals surface area contributed by atoms with E-state index >= 15 is 0 Å². The van der Waals surface area contributed by atoms with Crippen molar-refractivity contribution in [3.05, 3.63) is 41.5 Å². The Bertz CT molecular complexity index is 853. The van der Waals surface area contributed by atoms with E-state index < -0.39 is 30.1 Å². The molecule has 0 aromatic heterocycles. The summed E-state index contributed by atoms with van der Waals surface area (Å²) in [7, 11) is 1.47. The number of esters is 1. The van der Waals surface area contributed by atoms with Crippen molar-refractivity contribution >= 4 is 17.8 Å². The largest absolute Gasteiger partial charge is 0.507 e. The molecule has 0 aliphatic carbocycles. The number of hydrogen-bond acceptors (Lipinski definition) is 7. The lowest BCUT2D eigenvalue weighted by atomic mass is 10.0. The number of ether oxygens (including phenoxy) is 4. The molecule has 2 aliphatic rings. The lowest BCUT2D eigenvalue weighted by molar-refractivity contribution is -0.154. The van der Waals surface area contributed by atoms with Crippen molar-refractivity contribution in [2.45, 2.75) is 57.7 Å². The second-order valence-corrected chi connectivity index (χ2v) is 7.55. The average Bonchev–Trinajstić information content (AvgIpc) is 2.95. The highest BCUT2D eigenvalue weighted by Gasteiger charge is 2.43. The van der Waals surface area contributed by atoms with Crippen molar-refractivity contribution in [1.82, 2.24) is 0 Å². The second-order valence-electron chi connectivity index (χ2n) is 7.55. The molecule has 7 nitrogen and oxygen atoms in total. The Labute approximate surface area is 169 Å². The van der Waals surface area contributed by atoms with Gasteiger partial charge in [-0.1, -0.05) is 18.2 Å². The third kappa shape index (κ3) is 4.86. The van der Waals surface area contributed by atoms with E-state index in [1.807, 2.05) is 0 Å². The number of phenols is 1. The highest BCUT2D eigenvalue weighted by molar-refractivity contribution is 5.97. The Morgan fingerprint density at radius 3 is 2.66 bits per heavy atom. The normalized spacial score (nSPS) is 27.0. The number of methoxy groups -OCH3 is 1. The average molecular weight is 402 g/mol. The molecule has 2 heterocycles. The van der Waals surface area contributed by atoms with Crippen LogP contribution in [0.15, 0.2) is 30.4 Å². The number of hydrogen-bond donors (Lipinski definition) is 1. The lowest BCUT2D eigenvalue weighted by Crippen LogP contribution is -2.31. The van der Waals surface area contributed by atoms with Crippen LogP contribution in [-0.4, -0.2) is 48.1 Å². The number of ketones is 1. The van der Waals surface area contributed by atoms with Gasteiger partial charge in [-0.25, -0.2) is 4.79 Å². The SMILES string of the molecule is COc1cc(O)c2c(c1)C=CC[C@@H]1OC(C)(C)OC1C(=O)CC=C[C@H](C)OC2=O. The monoisotopic (exact) mass is 402 g/mol. The number of benzene rings is 1. The fourth-order valence-electron chi connectivity index (χ4n) is 3.46. The van der Waals surface area contributed by atoms with E-state index in [1.54, 1.807) is 51.1 Å². The van der Waals surface area contributed by atoms with Crippen LogP contribution in [0.1, 0.15) is 49.5 Å². The molecule has 0 bridgehead atoms. The molecule has 0 amide bonds. The number of carbonyl (C=O) groups excluding carboxylic acids is 2. The van der Waals surface area contributed by atoms with Gasteiger partial charge in [0.15, 0.2) is 11.6 Å². The summed E-state index contributed by atoms with van der Waals surface area (Å²) in [6, 6.07) is 3.00. The third-order valence-electron chi connectivity index (χ3n) is 4.75. The maximum atomic E-state index is 12.6. The minimum atomic E-state index is -0.859. The summed E-state index contributed by atoms with van der Waals surface area (Å²) in [6.07, 6.45) is 5.58. The Hall–Kier alpha value is -2.64. The highest BCUT2D eigenvalue weighted by Crippen LogP contribution is 2.33. The van der Waals surface area contributed by atoms with Crippen molar-refractivity contribution < 1.29 is 33.6 Å². The molecule has 7 heteroatoms. The molecule has 1 N–H and O–H groups in total. The van der Waals surface area contributed by atoms with Crippen LogP contribution in [0, 0.1) is 0 Å². The molecular weight excluding hydrogens is 376 g/mol.